The van der Waals surface area contributed by atoms with Gasteiger partial charge in [-0.1, -0.05) is 48.0 Å². The third kappa shape index (κ3) is 2.29. The molecule has 18 heavy (non-hydrogen) atoms. The Bertz CT molecular complexity index is 573. The summed E-state index contributed by atoms with van der Waals surface area (Å²) in [4.78, 5) is 0. The molecule has 0 amide bonds. The van der Waals surface area contributed by atoms with Crippen molar-refractivity contribution in [2.75, 3.05) is 0 Å². The molecule has 2 rings (SSSR count). The number of aliphatic hydroxyl groups is 1. The van der Waals surface area contributed by atoms with Gasteiger partial charge in [0, 0.05) is 10.6 Å². The molecule has 0 aliphatic carbocycles. The minimum absolute atomic E-state index is 0.584. The van der Waals surface area contributed by atoms with Crippen LogP contribution in [-0.4, -0.2) is 5.11 Å². The van der Waals surface area contributed by atoms with Crippen molar-refractivity contribution in [2.45, 2.75) is 26.4 Å². The van der Waals surface area contributed by atoms with E-state index < -0.39 is 5.60 Å². The van der Waals surface area contributed by atoms with Gasteiger partial charge in [0.2, 0.25) is 0 Å². The van der Waals surface area contributed by atoms with Gasteiger partial charge < -0.3 is 5.11 Å². The summed E-state index contributed by atoms with van der Waals surface area (Å²) < 4.78 is 0. The highest BCUT2D eigenvalue weighted by Crippen LogP contribution is 2.34. The van der Waals surface area contributed by atoms with E-state index in [-0.39, 0.29) is 0 Å². The van der Waals surface area contributed by atoms with E-state index in [1.807, 2.05) is 43.3 Å². The Morgan fingerprint density at radius 1 is 1.00 bits per heavy atom. The maximum atomic E-state index is 10.8. The van der Waals surface area contributed by atoms with Crippen LogP contribution in [-0.2, 0) is 5.60 Å². The van der Waals surface area contributed by atoms with Crippen molar-refractivity contribution >= 4 is 11.6 Å². The van der Waals surface area contributed by atoms with Gasteiger partial charge in [-0.3, -0.25) is 0 Å². The third-order valence-corrected chi connectivity index (χ3v) is 3.80. The molecule has 0 aliphatic rings. The molecule has 0 heterocycles. The van der Waals surface area contributed by atoms with E-state index >= 15 is 0 Å². The van der Waals surface area contributed by atoms with Crippen LogP contribution in [0.4, 0.5) is 0 Å². The van der Waals surface area contributed by atoms with E-state index in [0.29, 0.717) is 5.02 Å². The van der Waals surface area contributed by atoms with Crippen LogP contribution < -0.4 is 0 Å². The summed E-state index contributed by atoms with van der Waals surface area (Å²) in [5.74, 6) is 0. The second kappa shape index (κ2) is 4.75. The molecule has 94 valence electrons. The first-order valence-corrected chi connectivity index (χ1v) is 6.36. The Labute approximate surface area is 113 Å². The SMILES string of the molecule is Cc1ccc(C(C)(O)c2ccccc2Cl)cc1C. The minimum Gasteiger partial charge on any atom is -0.381 e. The van der Waals surface area contributed by atoms with Crippen molar-refractivity contribution in [3.63, 3.8) is 0 Å². The zero-order chi connectivity index (χ0) is 13.3. The van der Waals surface area contributed by atoms with Crippen LogP contribution in [0.1, 0.15) is 29.2 Å². The van der Waals surface area contributed by atoms with Crippen molar-refractivity contribution in [3.8, 4) is 0 Å². The maximum Gasteiger partial charge on any atom is 0.113 e. The van der Waals surface area contributed by atoms with E-state index in [4.69, 9.17) is 11.6 Å². The van der Waals surface area contributed by atoms with Crippen LogP contribution in [0.3, 0.4) is 0 Å². The summed E-state index contributed by atoms with van der Waals surface area (Å²) in [5.41, 5.74) is 2.90. The van der Waals surface area contributed by atoms with Gasteiger partial charge in [-0.2, -0.15) is 0 Å². The molecule has 0 aromatic heterocycles. The largest absolute Gasteiger partial charge is 0.381 e. The number of aryl methyl sites for hydroxylation is 2. The first-order chi connectivity index (χ1) is 8.43. The number of halogens is 1. The van der Waals surface area contributed by atoms with Crippen LogP contribution in [0.25, 0.3) is 0 Å². The molecule has 0 spiro atoms. The summed E-state index contributed by atoms with van der Waals surface area (Å²) in [5, 5.41) is 11.4. The molecule has 1 unspecified atom stereocenters. The summed E-state index contributed by atoms with van der Waals surface area (Å²) in [6.45, 7) is 5.88. The molecule has 0 saturated heterocycles. The average molecular weight is 261 g/mol. The van der Waals surface area contributed by atoms with Crippen molar-refractivity contribution in [1.29, 1.82) is 0 Å². The smallest absolute Gasteiger partial charge is 0.113 e. The van der Waals surface area contributed by atoms with Crippen LogP contribution in [0.5, 0.6) is 0 Å². The molecule has 2 aromatic carbocycles. The van der Waals surface area contributed by atoms with Gasteiger partial charge in [-0.15, -0.1) is 0 Å². The highest BCUT2D eigenvalue weighted by molar-refractivity contribution is 6.31. The lowest BCUT2D eigenvalue weighted by molar-refractivity contribution is 0.102. The second-order valence-electron chi connectivity index (χ2n) is 4.85. The van der Waals surface area contributed by atoms with Crippen LogP contribution in [0.2, 0.25) is 5.02 Å². The summed E-state index contributed by atoms with van der Waals surface area (Å²) in [6, 6.07) is 13.4. The predicted molar refractivity (Wildman–Crippen MR) is 76.0 cm³/mol. The van der Waals surface area contributed by atoms with E-state index in [1.54, 1.807) is 13.0 Å². The first kappa shape index (κ1) is 13.1. The molecule has 2 aromatic rings. The zero-order valence-corrected chi connectivity index (χ0v) is 11.6. The molecule has 1 atom stereocenters. The van der Waals surface area contributed by atoms with Gasteiger partial charge in [0.25, 0.3) is 0 Å². The molecule has 0 radical (unpaired) electrons. The van der Waals surface area contributed by atoms with E-state index in [1.165, 1.54) is 11.1 Å². The average Bonchev–Trinajstić information content (AvgIpc) is 2.33. The Hall–Kier alpha value is -1.31. The maximum absolute atomic E-state index is 10.8. The Morgan fingerprint density at radius 2 is 1.67 bits per heavy atom. The van der Waals surface area contributed by atoms with Gasteiger partial charge in [-0.05, 0) is 43.5 Å². The lowest BCUT2D eigenvalue weighted by Gasteiger charge is -2.26. The molecule has 0 fully saturated rings. The molecule has 0 saturated carbocycles. The highest BCUT2D eigenvalue weighted by atomic mass is 35.5. The molecule has 0 bridgehead atoms. The standard InChI is InChI=1S/C16H17ClO/c1-11-8-9-13(10-12(11)2)16(3,18)14-6-4-5-7-15(14)17/h4-10,18H,1-3H3. The Morgan fingerprint density at radius 3 is 2.28 bits per heavy atom. The van der Waals surface area contributed by atoms with E-state index in [9.17, 15) is 5.11 Å². The van der Waals surface area contributed by atoms with Gasteiger partial charge in [0.1, 0.15) is 5.60 Å². The lowest BCUT2D eigenvalue weighted by atomic mass is 9.87. The topological polar surface area (TPSA) is 20.2 Å². The van der Waals surface area contributed by atoms with Gasteiger partial charge in [0.15, 0.2) is 0 Å². The van der Waals surface area contributed by atoms with E-state index in [0.717, 1.165) is 11.1 Å². The lowest BCUT2D eigenvalue weighted by Crippen LogP contribution is -2.23. The predicted octanol–water partition coefficient (Wildman–Crippen LogP) is 4.21. The van der Waals surface area contributed by atoms with Gasteiger partial charge in [0.05, 0.1) is 0 Å². The molecule has 2 heteroatoms. The molecular formula is C16H17ClO. The first-order valence-electron chi connectivity index (χ1n) is 5.98. The van der Waals surface area contributed by atoms with Crippen molar-refractivity contribution in [3.05, 3.63) is 69.7 Å². The monoisotopic (exact) mass is 260 g/mol. The summed E-state index contributed by atoms with van der Waals surface area (Å²) >= 11 is 6.17. The fourth-order valence-corrected chi connectivity index (χ4v) is 2.38. The molecule has 1 nitrogen and oxygen atoms in total. The number of rotatable bonds is 2. The second-order valence-corrected chi connectivity index (χ2v) is 5.26. The molecule has 1 N–H and O–H groups in total. The summed E-state index contributed by atoms with van der Waals surface area (Å²) in [7, 11) is 0. The third-order valence-electron chi connectivity index (χ3n) is 3.47. The number of benzene rings is 2. The fourth-order valence-electron chi connectivity index (χ4n) is 2.06. The normalized spacial score (nSPS) is 14.3. The number of hydrogen-bond acceptors (Lipinski definition) is 1. The van der Waals surface area contributed by atoms with Crippen molar-refractivity contribution < 1.29 is 5.11 Å². The van der Waals surface area contributed by atoms with Crippen molar-refractivity contribution in [2.24, 2.45) is 0 Å². The van der Waals surface area contributed by atoms with Gasteiger partial charge in [-0.25, -0.2) is 0 Å². The Balaban J connectivity index is 2.54. The van der Waals surface area contributed by atoms with E-state index in [2.05, 4.69) is 6.92 Å². The van der Waals surface area contributed by atoms with Gasteiger partial charge >= 0.3 is 0 Å². The van der Waals surface area contributed by atoms with Crippen molar-refractivity contribution in [1.82, 2.24) is 0 Å². The quantitative estimate of drug-likeness (QED) is 0.858. The zero-order valence-electron chi connectivity index (χ0n) is 10.9. The molecular weight excluding hydrogens is 244 g/mol. The van der Waals surface area contributed by atoms with Crippen LogP contribution in [0, 0.1) is 13.8 Å². The Kier molecular flexibility index (Phi) is 3.47. The minimum atomic E-state index is -1.07. The fraction of sp³-hybridized carbons (Fsp3) is 0.250. The van der Waals surface area contributed by atoms with Crippen LogP contribution in [0.15, 0.2) is 42.5 Å². The molecule has 0 aliphatic heterocycles. The number of hydrogen-bond donors (Lipinski definition) is 1. The van der Waals surface area contributed by atoms with Crippen LogP contribution >= 0.6 is 11.6 Å². The summed E-state index contributed by atoms with van der Waals surface area (Å²) in [6.07, 6.45) is 0. The highest BCUT2D eigenvalue weighted by Gasteiger charge is 2.27.